The standard InChI is InChI=1S/C12H16N2O3/c13-17-7-10-2-1-5-14(10)9-3-4-11-12(6-9)16-8-15-11/h3-4,6,10H,1-2,5,7-8,13H2. The summed E-state index contributed by atoms with van der Waals surface area (Å²) < 4.78 is 10.7. The van der Waals surface area contributed by atoms with E-state index in [0.717, 1.165) is 30.2 Å². The second kappa shape index (κ2) is 4.43. The van der Waals surface area contributed by atoms with Gasteiger partial charge < -0.3 is 19.2 Å². The molecule has 1 saturated heterocycles. The van der Waals surface area contributed by atoms with E-state index in [2.05, 4.69) is 11.0 Å². The molecule has 2 aliphatic heterocycles. The van der Waals surface area contributed by atoms with Crippen LogP contribution >= 0.6 is 0 Å². The summed E-state index contributed by atoms with van der Waals surface area (Å²) in [5, 5.41) is 0. The van der Waals surface area contributed by atoms with Gasteiger partial charge in [-0.15, -0.1) is 0 Å². The van der Waals surface area contributed by atoms with Crippen molar-refractivity contribution in [1.82, 2.24) is 0 Å². The van der Waals surface area contributed by atoms with Gasteiger partial charge in [0, 0.05) is 18.3 Å². The summed E-state index contributed by atoms with van der Waals surface area (Å²) in [4.78, 5) is 7.09. The summed E-state index contributed by atoms with van der Waals surface area (Å²) in [6, 6.07) is 6.40. The second-order valence-corrected chi connectivity index (χ2v) is 4.36. The lowest BCUT2D eigenvalue weighted by Crippen LogP contribution is -2.33. The van der Waals surface area contributed by atoms with Crippen LogP contribution in [0.25, 0.3) is 0 Å². The number of nitrogens with zero attached hydrogens (tertiary/aromatic N) is 1. The molecule has 92 valence electrons. The summed E-state index contributed by atoms with van der Waals surface area (Å²) in [6.07, 6.45) is 2.29. The number of nitrogens with two attached hydrogens (primary N) is 1. The molecule has 1 unspecified atom stereocenters. The first kappa shape index (κ1) is 10.7. The van der Waals surface area contributed by atoms with Gasteiger partial charge in [-0.25, -0.2) is 5.90 Å². The van der Waals surface area contributed by atoms with Gasteiger partial charge in [-0.05, 0) is 25.0 Å². The average Bonchev–Trinajstić information content (AvgIpc) is 2.96. The molecule has 0 aliphatic carbocycles. The van der Waals surface area contributed by atoms with Crippen molar-refractivity contribution in [2.75, 3.05) is 24.8 Å². The van der Waals surface area contributed by atoms with Crippen molar-refractivity contribution in [3.63, 3.8) is 0 Å². The van der Waals surface area contributed by atoms with Crippen LogP contribution in [-0.2, 0) is 4.84 Å². The van der Waals surface area contributed by atoms with Gasteiger partial charge in [0.1, 0.15) is 0 Å². The SMILES string of the molecule is NOCC1CCCN1c1ccc2c(c1)OCO2. The molecule has 0 aromatic heterocycles. The fraction of sp³-hybridized carbons (Fsp3) is 0.500. The third-order valence-electron chi connectivity index (χ3n) is 3.35. The number of hydrogen-bond acceptors (Lipinski definition) is 5. The molecule has 0 radical (unpaired) electrons. The fourth-order valence-electron chi connectivity index (χ4n) is 2.52. The Morgan fingerprint density at radius 1 is 1.35 bits per heavy atom. The predicted molar refractivity (Wildman–Crippen MR) is 63.1 cm³/mol. The lowest BCUT2D eigenvalue weighted by atomic mass is 10.2. The summed E-state index contributed by atoms with van der Waals surface area (Å²) >= 11 is 0. The number of anilines is 1. The van der Waals surface area contributed by atoms with Crippen LogP contribution in [0.15, 0.2) is 18.2 Å². The topological polar surface area (TPSA) is 57.0 Å². The van der Waals surface area contributed by atoms with Gasteiger partial charge in [0.05, 0.1) is 12.6 Å². The molecule has 2 N–H and O–H groups in total. The Kier molecular flexibility index (Phi) is 2.78. The molecular weight excluding hydrogens is 220 g/mol. The second-order valence-electron chi connectivity index (χ2n) is 4.36. The van der Waals surface area contributed by atoms with Crippen molar-refractivity contribution in [2.24, 2.45) is 5.90 Å². The third-order valence-corrected chi connectivity index (χ3v) is 3.35. The maximum atomic E-state index is 5.39. The average molecular weight is 236 g/mol. The molecule has 0 bridgehead atoms. The van der Waals surface area contributed by atoms with Crippen molar-refractivity contribution in [2.45, 2.75) is 18.9 Å². The van der Waals surface area contributed by atoms with Crippen LogP contribution in [0.5, 0.6) is 11.5 Å². The highest BCUT2D eigenvalue weighted by Crippen LogP contribution is 2.37. The summed E-state index contributed by atoms with van der Waals surface area (Å²) in [5.41, 5.74) is 1.15. The lowest BCUT2D eigenvalue weighted by molar-refractivity contribution is 0.124. The van der Waals surface area contributed by atoms with E-state index >= 15 is 0 Å². The quantitative estimate of drug-likeness (QED) is 0.801. The zero-order valence-corrected chi connectivity index (χ0v) is 9.59. The minimum absolute atomic E-state index is 0.314. The van der Waals surface area contributed by atoms with E-state index < -0.39 is 0 Å². The van der Waals surface area contributed by atoms with E-state index in [-0.39, 0.29) is 0 Å². The third kappa shape index (κ3) is 1.92. The fourth-order valence-corrected chi connectivity index (χ4v) is 2.52. The molecule has 1 aromatic carbocycles. The molecule has 2 aliphatic rings. The van der Waals surface area contributed by atoms with Gasteiger partial charge in [0.2, 0.25) is 6.79 Å². The first-order valence-corrected chi connectivity index (χ1v) is 5.86. The van der Waals surface area contributed by atoms with Gasteiger partial charge in [0.15, 0.2) is 11.5 Å². The molecule has 1 aromatic rings. The molecule has 0 saturated carbocycles. The van der Waals surface area contributed by atoms with Gasteiger partial charge in [-0.3, -0.25) is 0 Å². The van der Waals surface area contributed by atoms with Crippen LogP contribution in [-0.4, -0.2) is 26.0 Å². The molecule has 0 spiro atoms. The normalized spacial score (nSPS) is 22.2. The van der Waals surface area contributed by atoms with Gasteiger partial charge in [-0.2, -0.15) is 0 Å². The predicted octanol–water partition coefficient (Wildman–Crippen LogP) is 1.27. The highest BCUT2D eigenvalue weighted by atomic mass is 16.7. The van der Waals surface area contributed by atoms with E-state index in [1.54, 1.807) is 0 Å². The Bertz CT molecular complexity index is 411. The van der Waals surface area contributed by atoms with Crippen molar-refractivity contribution in [3.05, 3.63) is 18.2 Å². The summed E-state index contributed by atoms with van der Waals surface area (Å²) in [7, 11) is 0. The highest BCUT2D eigenvalue weighted by Gasteiger charge is 2.26. The molecule has 0 amide bonds. The van der Waals surface area contributed by atoms with E-state index in [1.165, 1.54) is 6.42 Å². The van der Waals surface area contributed by atoms with Crippen LogP contribution in [0.1, 0.15) is 12.8 Å². The van der Waals surface area contributed by atoms with Crippen molar-refractivity contribution in [3.8, 4) is 11.5 Å². The number of rotatable bonds is 3. The summed E-state index contributed by atoms with van der Waals surface area (Å²) in [5.74, 6) is 6.81. The van der Waals surface area contributed by atoms with E-state index in [4.69, 9.17) is 20.2 Å². The number of hydrogen-bond donors (Lipinski definition) is 1. The maximum absolute atomic E-state index is 5.39. The van der Waals surface area contributed by atoms with E-state index in [1.807, 2.05) is 12.1 Å². The molecule has 1 fully saturated rings. The van der Waals surface area contributed by atoms with Gasteiger partial charge in [-0.1, -0.05) is 0 Å². The lowest BCUT2D eigenvalue weighted by Gasteiger charge is -2.26. The largest absolute Gasteiger partial charge is 0.454 e. The zero-order chi connectivity index (χ0) is 11.7. The van der Waals surface area contributed by atoms with Crippen molar-refractivity contribution >= 4 is 5.69 Å². The zero-order valence-electron chi connectivity index (χ0n) is 9.59. The Labute approximate surface area is 100 Å². The molecule has 17 heavy (non-hydrogen) atoms. The van der Waals surface area contributed by atoms with Gasteiger partial charge in [0.25, 0.3) is 0 Å². The summed E-state index contributed by atoms with van der Waals surface area (Å²) in [6.45, 7) is 1.91. The number of ether oxygens (including phenoxy) is 2. The minimum atomic E-state index is 0.314. The number of fused-ring (bicyclic) bond motifs is 1. The monoisotopic (exact) mass is 236 g/mol. The van der Waals surface area contributed by atoms with Gasteiger partial charge >= 0.3 is 0 Å². The van der Waals surface area contributed by atoms with Crippen LogP contribution in [0, 0.1) is 0 Å². The molecule has 5 heteroatoms. The molecular formula is C12H16N2O3. The maximum Gasteiger partial charge on any atom is 0.231 e. The Morgan fingerprint density at radius 2 is 2.24 bits per heavy atom. The van der Waals surface area contributed by atoms with Crippen LogP contribution < -0.4 is 20.3 Å². The van der Waals surface area contributed by atoms with Crippen molar-refractivity contribution in [1.29, 1.82) is 0 Å². The number of benzene rings is 1. The molecule has 3 rings (SSSR count). The van der Waals surface area contributed by atoms with Crippen LogP contribution in [0.2, 0.25) is 0 Å². The molecule has 5 nitrogen and oxygen atoms in total. The van der Waals surface area contributed by atoms with Crippen molar-refractivity contribution < 1.29 is 14.3 Å². The highest BCUT2D eigenvalue weighted by molar-refractivity contribution is 5.58. The minimum Gasteiger partial charge on any atom is -0.454 e. The van der Waals surface area contributed by atoms with E-state index in [9.17, 15) is 0 Å². The van der Waals surface area contributed by atoms with Crippen LogP contribution in [0.3, 0.4) is 0 Å². The van der Waals surface area contributed by atoms with Crippen LogP contribution in [0.4, 0.5) is 5.69 Å². The van der Waals surface area contributed by atoms with E-state index in [0.29, 0.717) is 19.4 Å². The molecule has 2 heterocycles. The first-order valence-electron chi connectivity index (χ1n) is 5.86. The Hall–Kier alpha value is -1.46. The smallest absolute Gasteiger partial charge is 0.231 e. The molecule has 1 atom stereocenters. The first-order chi connectivity index (χ1) is 8.38. The Balaban J connectivity index is 1.83. The Morgan fingerprint density at radius 3 is 3.12 bits per heavy atom.